The van der Waals surface area contributed by atoms with Crippen LogP contribution in [0.5, 0.6) is 0 Å². The number of rotatable bonds is 2. The van der Waals surface area contributed by atoms with Crippen LogP contribution >= 0.6 is 0 Å². The lowest BCUT2D eigenvalue weighted by molar-refractivity contribution is -0.662. The Morgan fingerprint density at radius 3 is 2.87 bits per heavy atom. The molecule has 78 valence electrons. The van der Waals surface area contributed by atoms with E-state index in [0.717, 1.165) is 11.3 Å². The Hall–Kier alpha value is -1.53. The van der Waals surface area contributed by atoms with Gasteiger partial charge in [-0.1, -0.05) is 6.07 Å². The zero-order valence-corrected chi connectivity index (χ0v) is 8.74. The first-order valence-corrected chi connectivity index (χ1v) is 5.47. The van der Waals surface area contributed by atoms with Crippen LogP contribution in [0.3, 0.4) is 0 Å². The fourth-order valence-corrected chi connectivity index (χ4v) is 1.99. The molecular formula is C12H16N3+. The molecule has 1 aliphatic rings. The summed E-state index contributed by atoms with van der Waals surface area (Å²) < 4.78 is 0. The molecule has 15 heavy (non-hydrogen) atoms. The Labute approximate surface area is 90.1 Å². The van der Waals surface area contributed by atoms with Crippen molar-refractivity contribution in [3.63, 3.8) is 0 Å². The van der Waals surface area contributed by atoms with Gasteiger partial charge in [-0.25, -0.2) is 0 Å². The molecule has 1 heterocycles. The molecule has 1 aliphatic heterocycles. The van der Waals surface area contributed by atoms with Crippen molar-refractivity contribution in [2.75, 3.05) is 18.4 Å². The van der Waals surface area contributed by atoms with E-state index in [-0.39, 0.29) is 0 Å². The highest BCUT2D eigenvalue weighted by Crippen LogP contribution is 2.13. The van der Waals surface area contributed by atoms with Gasteiger partial charge in [0, 0.05) is 24.6 Å². The number of hydrogen-bond donors (Lipinski definition) is 2. The standard InChI is InChI=1S/C12H15N3/c13-9-10-2-1-3-12(8-10)15-11-4-6-14-7-5-11/h1-3,8,11,14-15H,4-7H2/p+1. The van der Waals surface area contributed by atoms with Crippen molar-refractivity contribution in [1.29, 1.82) is 5.26 Å². The minimum absolute atomic E-state index is 0.573. The van der Waals surface area contributed by atoms with E-state index >= 15 is 0 Å². The van der Waals surface area contributed by atoms with E-state index in [0.29, 0.717) is 6.04 Å². The number of anilines is 1. The first kappa shape index (κ1) is 10.0. The summed E-state index contributed by atoms with van der Waals surface area (Å²) in [6.45, 7) is 2.41. The molecule has 0 radical (unpaired) electrons. The maximum Gasteiger partial charge on any atom is 0.0992 e. The van der Waals surface area contributed by atoms with Gasteiger partial charge in [-0.05, 0) is 18.2 Å². The molecule has 2 rings (SSSR count). The van der Waals surface area contributed by atoms with Crippen molar-refractivity contribution in [1.82, 2.24) is 0 Å². The molecule has 0 spiro atoms. The summed E-state index contributed by atoms with van der Waals surface area (Å²) in [7, 11) is 0. The molecule has 3 heteroatoms. The first-order chi connectivity index (χ1) is 7.38. The fourth-order valence-electron chi connectivity index (χ4n) is 1.99. The molecule has 0 atom stereocenters. The molecule has 1 fully saturated rings. The maximum atomic E-state index is 8.79. The van der Waals surface area contributed by atoms with Crippen LogP contribution in [0.25, 0.3) is 0 Å². The van der Waals surface area contributed by atoms with E-state index in [1.54, 1.807) is 0 Å². The molecule has 0 aliphatic carbocycles. The van der Waals surface area contributed by atoms with Crippen molar-refractivity contribution >= 4 is 5.69 Å². The molecule has 0 aromatic heterocycles. The Bertz CT molecular complexity index is 361. The van der Waals surface area contributed by atoms with Gasteiger partial charge in [0.2, 0.25) is 0 Å². The van der Waals surface area contributed by atoms with Gasteiger partial charge < -0.3 is 10.6 Å². The minimum Gasteiger partial charge on any atom is -0.382 e. The number of nitrogens with zero attached hydrogens (tertiary/aromatic N) is 1. The Balaban J connectivity index is 2.00. The third-order valence-corrected chi connectivity index (χ3v) is 2.80. The third kappa shape index (κ3) is 2.71. The maximum absolute atomic E-state index is 8.79. The molecule has 0 unspecified atom stereocenters. The normalized spacial score (nSPS) is 17.0. The number of benzene rings is 1. The highest BCUT2D eigenvalue weighted by atomic mass is 15.0. The monoisotopic (exact) mass is 202 g/mol. The summed E-state index contributed by atoms with van der Waals surface area (Å²) in [6, 6.07) is 10.4. The van der Waals surface area contributed by atoms with Crippen molar-refractivity contribution in [2.45, 2.75) is 18.9 Å². The van der Waals surface area contributed by atoms with E-state index in [2.05, 4.69) is 16.7 Å². The van der Waals surface area contributed by atoms with Crippen LogP contribution in [-0.2, 0) is 0 Å². The van der Waals surface area contributed by atoms with Gasteiger partial charge in [-0.15, -0.1) is 0 Å². The predicted octanol–water partition coefficient (Wildman–Crippen LogP) is 0.696. The Morgan fingerprint density at radius 1 is 1.33 bits per heavy atom. The van der Waals surface area contributed by atoms with Gasteiger partial charge in [0.25, 0.3) is 0 Å². The number of nitriles is 1. The molecule has 1 aromatic carbocycles. The van der Waals surface area contributed by atoms with Crippen LogP contribution in [0, 0.1) is 11.3 Å². The SMILES string of the molecule is N#Cc1cccc(NC2CC[NH2+]CC2)c1. The summed E-state index contributed by atoms with van der Waals surface area (Å²) in [4.78, 5) is 0. The van der Waals surface area contributed by atoms with Gasteiger partial charge in [0.1, 0.15) is 0 Å². The number of piperidine rings is 1. The number of nitrogens with one attached hydrogen (secondary N) is 1. The average molecular weight is 202 g/mol. The molecule has 0 amide bonds. The smallest absolute Gasteiger partial charge is 0.0992 e. The predicted molar refractivity (Wildman–Crippen MR) is 59.5 cm³/mol. The topological polar surface area (TPSA) is 52.4 Å². The van der Waals surface area contributed by atoms with Crippen LogP contribution in [0.4, 0.5) is 5.69 Å². The van der Waals surface area contributed by atoms with Crippen molar-refractivity contribution in [3.8, 4) is 6.07 Å². The molecule has 3 N–H and O–H groups in total. The van der Waals surface area contributed by atoms with Crippen LogP contribution in [0.15, 0.2) is 24.3 Å². The molecular weight excluding hydrogens is 186 g/mol. The van der Waals surface area contributed by atoms with E-state index < -0.39 is 0 Å². The summed E-state index contributed by atoms with van der Waals surface area (Å²) in [6.07, 6.45) is 2.41. The lowest BCUT2D eigenvalue weighted by Gasteiger charge is -2.22. The quantitative estimate of drug-likeness (QED) is 0.741. The van der Waals surface area contributed by atoms with Gasteiger partial charge in [-0.3, -0.25) is 0 Å². The lowest BCUT2D eigenvalue weighted by Crippen LogP contribution is -2.87. The molecule has 0 saturated carbocycles. The zero-order valence-electron chi connectivity index (χ0n) is 8.74. The number of quaternary nitrogens is 1. The summed E-state index contributed by atoms with van der Waals surface area (Å²) in [5.74, 6) is 0. The molecule has 0 bridgehead atoms. The van der Waals surface area contributed by atoms with Gasteiger partial charge in [0.05, 0.1) is 24.7 Å². The second-order valence-electron chi connectivity index (χ2n) is 3.98. The van der Waals surface area contributed by atoms with E-state index in [4.69, 9.17) is 5.26 Å². The van der Waals surface area contributed by atoms with Crippen molar-refractivity contribution < 1.29 is 5.32 Å². The highest BCUT2D eigenvalue weighted by Gasteiger charge is 2.14. The van der Waals surface area contributed by atoms with Crippen LogP contribution in [0.2, 0.25) is 0 Å². The molecule has 1 saturated heterocycles. The average Bonchev–Trinajstić information content (AvgIpc) is 2.31. The van der Waals surface area contributed by atoms with Gasteiger partial charge >= 0.3 is 0 Å². The third-order valence-electron chi connectivity index (χ3n) is 2.80. The summed E-state index contributed by atoms with van der Waals surface area (Å²) in [5.41, 5.74) is 1.79. The second-order valence-corrected chi connectivity index (χ2v) is 3.98. The van der Waals surface area contributed by atoms with Crippen molar-refractivity contribution in [3.05, 3.63) is 29.8 Å². The molecule has 3 nitrogen and oxygen atoms in total. The fraction of sp³-hybridized carbons (Fsp3) is 0.417. The summed E-state index contributed by atoms with van der Waals surface area (Å²) in [5, 5.41) is 14.6. The van der Waals surface area contributed by atoms with E-state index in [1.807, 2.05) is 24.3 Å². The lowest BCUT2D eigenvalue weighted by atomic mass is 10.1. The molecule has 1 aromatic rings. The van der Waals surface area contributed by atoms with Gasteiger partial charge in [0.15, 0.2) is 0 Å². The highest BCUT2D eigenvalue weighted by molar-refractivity contribution is 5.49. The van der Waals surface area contributed by atoms with E-state index in [1.165, 1.54) is 25.9 Å². The number of nitrogens with two attached hydrogens (primary N) is 1. The second kappa shape index (κ2) is 4.81. The minimum atomic E-state index is 0.573. The Kier molecular flexibility index (Phi) is 3.21. The zero-order chi connectivity index (χ0) is 10.5. The van der Waals surface area contributed by atoms with Gasteiger partial charge in [-0.2, -0.15) is 5.26 Å². The van der Waals surface area contributed by atoms with Crippen LogP contribution in [-0.4, -0.2) is 19.1 Å². The van der Waals surface area contributed by atoms with Crippen LogP contribution < -0.4 is 10.6 Å². The van der Waals surface area contributed by atoms with Crippen LogP contribution in [0.1, 0.15) is 18.4 Å². The largest absolute Gasteiger partial charge is 0.382 e. The van der Waals surface area contributed by atoms with Crippen molar-refractivity contribution in [2.24, 2.45) is 0 Å². The van der Waals surface area contributed by atoms with E-state index in [9.17, 15) is 0 Å². The number of hydrogen-bond acceptors (Lipinski definition) is 2. The first-order valence-electron chi connectivity index (χ1n) is 5.47. The summed E-state index contributed by atoms with van der Waals surface area (Å²) >= 11 is 0. The Morgan fingerprint density at radius 2 is 2.13 bits per heavy atom.